The van der Waals surface area contributed by atoms with E-state index in [-0.39, 0.29) is 0 Å². The minimum Gasteiger partial charge on any atom is -0.236 e. The Morgan fingerprint density at radius 3 is 2.57 bits per heavy atom. The molecule has 0 spiro atoms. The van der Waals surface area contributed by atoms with Crippen LogP contribution in [0.1, 0.15) is 16.1 Å². The fraction of sp³-hybridized carbons (Fsp3) is 0. The van der Waals surface area contributed by atoms with Crippen molar-refractivity contribution in [3.63, 3.8) is 0 Å². The average Bonchev–Trinajstić information content (AvgIpc) is 3.04. The zero-order valence-electron chi connectivity index (χ0n) is 12.2. The van der Waals surface area contributed by atoms with Gasteiger partial charge >= 0.3 is 0 Å². The second-order valence-corrected chi connectivity index (χ2v) is 6.31. The number of hydrogen-bond acceptors (Lipinski definition) is 3. The van der Waals surface area contributed by atoms with E-state index in [1.165, 1.54) is 15.5 Å². The van der Waals surface area contributed by atoms with Gasteiger partial charge in [-0.2, -0.15) is 5.26 Å². The van der Waals surface area contributed by atoms with E-state index < -0.39 is 0 Å². The summed E-state index contributed by atoms with van der Waals surface area (Å²) >= 11 is 1.69. The molecular weight excluding hydrogens is 300 g/mol. The van der Waals surface area contributed by atoms with Crippen LogP contribution in [0.15, 0.2) is 60.7 Å². The van der Waals surface area contributed by atoms with E-state index in [0.29, 0.717) is 5.56 Å². The molecule has 1 aromatic heterocycles. The number of fused-ring (bicyclic) bond motifs is 3. The molecule has 0 saturated heterocycles. The van der Waals surface area contributed by atoms with Crippen LogP contribution < -0.4 is 0 Å². The van der Waals surface area contributed by atoms with Gasteiger partial charge in [0.15, 0.2) is 0 Å². The van der Waals surface area contributed by atoms with Crippen molar-refractivity contribution in [2.24, 2.45) is 0 Å². The van der Waals surface area contributed by atoms with Gasteiger partial charge < -0.3 is 0 Å². The number of hydrogen-bond donors (Lipinski definition) is 0. The lowest BCUT2D eigenvalue weighted by Gasteiger charge is -1.96. The molecule has 0 fully saturated rings. The average molecular weight is 312 g/mol. The number of nitrogens with zero attached hydrogens (tertiary/aromatic N) is 2. The second kappa shape index (κ2) is 5.68. The highest BCUT2D eigenvalue weighted by Gasteiger charge is 2.05. The van der Waals surface area contributed by atoms with E-state index in [4.69, 9.17) is 10.2 Å². The molecule has 0 aliphatic carbocycles. The quantitative estimate of drug-likeness (QED) is 0.490. The van der Waals surface area contributed by atoms with Gasteiger partial charge in [-0.3, -0.25) is 0 Å². The third-order valence-electron chi connectivity index (χ3n) is 3.76. The molecular formula is C20H12N2S. The van der Waals surface area contributed by atoms with Crippen molar-refractivity contribution in [2.45, 2.75) is 0 Å². The molecule has 0 atom stereocenters. The molecule has 4 rings (SSSR count). The zero-order chi connectivity index (χ0) is 15.6. The van der Waals surface area contributed by atoms with Crippen LogP contribution in [0.3, 0.4) is 0 Å². The number of nitriles is 1. The summed E-state index contributed by atoms with van der Waals surface area (Å²) in [6.07, 6.45) is 4.06. The maximum Gasteiger partial charge on any atom is 0.117 e. The second-order valence-electron chi connectivity index (χ2n) is 5.25. The summed E-state index contributed by atoms with van der Waals surface area (Å²) < 4.78 is 1.20. The van der Waals surface area contributed by atoms with Gasteiger partial charge in [0.2, 0.25) is 0 Å². The van der Waals surface area contributed by atoms with Crippen molar-refractivity contribution in [2.75, 3.05) is 0 Å². The summed E-state index contributed by atoms with van der Waals surface area (Å²) in [5.41, 5.74) is 2.80. The predicted octanol–water partition coefficient (Wildman–Crippen LogP) is 5.49. The van der Waals surface area contributed by atoms with Crippen LogP contribution in [-0.4, -0.2) is 4.98 Å². The lowest BCUT2D eigenvalue weighted by Crippen LogP contribution is -1.76. The first-order valence-electron chi connectivity index (χ1n) is 7.30. The lowest BCUT2D eigenvalue weighted by atomic mass is 10.1. The van der Waals surface area contributed by atoms with E-state index in [1.807, 2.05) is 48.6 Å². The minimum atomic E-state index is 0.675. The first kappa shape index (κ1) is 13.7. The van der Waals surface area contributed by atoms with Crippen molar-refractivity contribution in [3.05, 3.63) is 76.8 Å². The Morgan fingerprint density at radius 1 is 0.913 bits per heavy atom. The maximum absolute atomic E-state index is 8.83. The summed E-state index contributed by atoms with van der Waals surface area (Å²) in [6, 6.07) is 22.3. The Balaban J connectivity index is 1.73. The van der Waals surface area contributed by atoms with Crippen molar-refractivity contribution in [3.8, 4) is 6.07 Å². The van der Waals surface area contributed by atoms with Gasteiger partial charge in [0.05, 0.1) is 21.8 Å². The van der Waals surface area contributed by atoms with E-state index in [1.54, 1.807) is 11.3 Å². The van der Waals surface area contributed by atoms with Gasteiger partial charge in [-0.25, -0.2) is 4.98 Å². The predicted molar refractivity (Wildman–Crippen MR) is 97.2 cm³/mol. The van der Waals surface area contributed by atoms with E-state index in [0.717, 1.165) is 16.1 Å². The molecule has 3 aromatic carbocycles. The van der Waals surface area contributed by atoms with Crippen LogP contribution in [0.25, 0.3) is 33.1 Å². The fourth-order valence-corrected chi connectivity index (χ4v) is 3.47. The summed E-state index contributed by atoms with van der Waals surface area (Å²) in [5.74, 6) is 0. The summed E-state index contributed by atoms with van der Waals surface area (Å²) in [5, 5.41) is 12.2. The van der Waals surface area contributed by atoms with Gasteiger partial charge in [-0.05, 0) is 35.2 Å². The minimum absolute atomic E-state index is 0.675. The molecule has 0 saturated carbocycles. The van der Waals surface area contributed by atoms with Crippen molar-refractivity contribution < 1.29 is 0 Å². The summed E-state index contributed by atoms with van der Waals surface area (Å²) in [4.78, 5) is 4.77. The largest absolute Gasteiger partial charge is 0.236 e. The van der Waals surface area contributed by atoms with E-state index in [2.05, 4.69) is 30.3 Å². The number of thiazole rings is 1. The van der Waals surface area contributed by atoms with Crippen LogP contribution in [0.4, 0.5) is 0 Å². The Kier molecular flexibility index (Phi) is 3.38. The molecule has 0 unspecified atom stereocenters. The highest BCUT2D eigenvalue weighted by atomic mass is 32.1. The maximum atomic E-state index is 8.83. The first-order chi connectivity index (χ1) is 11.3. The molecule has 3 heteroatoms. The molecule has 0 aliphatic rings. The molecule has 0 aliphatic heterocycles. The Bertz CT molecular complexity index is 1070. The monoisotopic (exact) mass is 312 g/mol. The van der Waals surface area contributed by atoms with Crippen molar-refractivity contribution >= 4 is 44.5 Å². The highest BCUT2D eigenvalue weighted by molar-refractivity contribution is 7.19. The molecule has 0 amide bonds. The van der Waals surface area contributed by atoms with Crippen LogP contribution in [-0.2, 0) is 0 Å². The van der Waals surface area contributed by atoms with Gasteiger partial charge in [0.1, 0.15) is 5.01 Å². The summed E-state index contributed by atoms with van der Waals surface area (Å²) in [7, 11) is 0. The molecule has 1 heterocycles. The topological polar surface area (TPSA) is 36.7 Å². The molecule has 23 heavy (non-hydrogen) atoms. The number of rotatable bonds is 2. The Hall–Kier alpha value is -2.96. The van der Waals surface area contributed by atoms with E-state index >= 15 is 0 Å². The van der Waals surface area contributed by atoms with Gasteiger partial charge in [-0.1, -0.05) is 48.5 Å². The molecule has 0 N–H and O–H groups in total. The molecule has 108 valence electrons. The molecule has 4 aromatic rings. The first-order valence-corrected chi connectivity index (χ1v) is 8.12. The highest BCUT2D eigenvalue weighted by Crippen LogP contribution is 2.30. The zero-order valence-corrected chi connectivity index (χ0v) is 13.0. The standard InChI is InChI=1S/C20H12N2S/c21-13-15-7-5-14(6-8-15)9-12-19-22-20-17-4-2-1-3-16(17)10-11-18(20)23-19/h1-12H/b12-9+. The fourth-order valence-electron chi connectivity index (χ4n) is 2.59. The van der Waals surface area contributed by atoms with Crippen LogP contribution in [0, 0.1) is 11.3 Å². The Morgan fingerprint density at radius 2 is 1.74 bits per heavy atom. The SMILES string of the molecule is N#Cc1ccc(/C=C/c2nc3c(ccc4ccccc43)s2)cc1. The lowest BCUT2D eigenvalue weighted by molar-refractivity contribution is 1.47. The smallest absolute Gasteiger partial charge is 0.117 e. The summed E-state index contributed by atoms with van der Waals surface area (Å²) in [6.45, 7) is 0. The van der Waals surface area contributed by atoms with Crippen molar-refractivity contribution in [1.29, 1.82) is 5.26 Å². The third-order valence-corrected chi connectivity index (χ3v) is 4.74. The Labute approximate surface area is 138 Å². The van der Waals surface area contributed by atoms with Gasteiger partial charge in [0.25, 0.3) is 0 Å². The van der Waals surface area contributed by atoms with Crippen LogP contribution in [0.5, 0.6) is 0 Å². The number of benzene rings is 3. The molecule has 0 radical (unpaired) electrons. The molecule has 0 bridgehead atoms. The van der Waals surface area contributed by atoms with Gasteiger partial charge in [0, 0.05) is 5.39 Å². The number of aromatic nitrogens is 1. The van der Waals surface area contributed by atoms with Crippen LogP contribution in [0.2, 0.25) is 0 Å². The van der Waals surface area contributed by atoms with Gasteiger partial charge in [-0.15, -0.1) is 11.3 Å². The van der Waals surface area contributed by atoms with Crippen molar-refractivity contribution in [1.82, 2.24) is 4.98 Å². The molecule has 2 nitrogen and oxygen atoms in total. The van der Waals surface area contributed by atoms with E-state index in [9.17, 15) is 0 Å². The third kappa shape index (κ3) is 2.61. The normalized spacial score (nSPS) is 11.3. The van der Waals surface area contributed by atoms with Crippen LogP contribution >= 0.6 is 11.3 Å².